The Kier molecular flexibility index (Phi) is 6.87. The first kappa shape index (κ1) is 20.3. The summed E-state index contributed by atoms with van der Waals surface area (Å²) in [4.78, 5) is 14.9. The van der Waals surface area contributed by atoms with Gasteiger partial charge >= 0.3 is 0 Å². The molecule has 1 atom stereocenters. The summed E-state index contributed by atoms with van der Waals surface area (Å²) in [7, 11) is 0. The quantitative estimate of drug-likeness (QED) is 0.628. The third-order valence-corrected chi connectivity index (χ3v) is 5.73. The first-order valence-electron chi connectivity index (χ1n) is 10.8. The average Bonchev–Trinajstić information content (AvgIpc) is 3.28. The van der Waals surface area contributed by atoms with Gasteiger partial charge in [-0.1, -0.05) is 65.9 Å². The molecular weight excluding hydrogens is 374 g/mol. The van der Waals surface area contributed by atoms with Crippen molar-refractivity contribution in [3.63, 3.8) is 0 Å². The van der Waals surface area contributed by atoms with Crippen molar-refractivity contribution in [3.8, 4) is 0 Å². The fraction of sp³-hybridized carbons (Fsp3) is 0.375. The lowest BCUT2D eigenvalue weighted by atomic mass is 9.91. The van der Waals surface area contributed by atoms with Crippen molar-refractivity contribution in [2.45, 2.75) is 31.7 Å². The van der Waals surface area contributed by atoms with Gasteiger partial charge in [0, 0.05) is 26.2 Å². The van der Waals surface area contributed by atoms with E-state index in [1.54, 1.807) is 10.9 Å². The smallest absolute Gasteiger partial charge is 0.273 e. The molecule has 0 saturated carbocycles. The first-order chi connectivity index (χ1) is 14.8. The Bertz CT molecular complexity index is 925. The lowest BCUT2D eigenvalue weighted by molar-refractivity contribution is 0.0940. The molecule has 2 heterocycles. The van der Waals surface area contributed by atoms with Crippen molar-refractivity contribution in [1.29, 1.82) is 0 Å². The number of piperidine rings is 1. The summed E-state index contributed by atoms with van der Waals surface area (Å²) < 4.78 is 1.73. The molecule has 6 heteroatoms. The number of hydrogen-bond donors (Lipinski definition) is 1. The standard InChI is InChI=1S/C24H29N5O/c30-24(23-19-29(27-26-23)16-13-20-8-3-1-4-9-20)25-14-17-28-15-7-12-22(18-28)21-10-5-2-6-11-21/h1-6,8-11,19,22H,7,12-18H2,(H,25,30)/t22-/m0/s1. The van der Waals surface area contributed by atoms with E-state index < -0.39 is 0 Å². The molecule has 6 nitrogen and oxygen atoms in total. The van der Waals surface area contributed by atoms with E-state index in [0.717, 1.165) is 26.1 Å². The Labute approximate surface area is 177 Å². The summed E-state index contributed by atoms with van der Waals surface area (Å²) in [5.41, 5.74) is 3.04. The minimum Gasteiger partial charge on any atom is -0.349 e. The van der Waals surface area contributed by atoms with Crippen LogP contribution in [-0.2, 0) is 13.0 Å². The maximum atomic E-state index is 12.4. The molecule has 0 radical (unpaired) electrons. The van der Waals surface area contributed by atoms with Gasteiger partial charge in [0.05, 0.1) is 6.20 Å². The van der Waals surface area contributed by atoms with Crippen molar-refractivity contribution < 1.29 is 4.79 Å². The van der Waals surface area contributed by atoms with Gasteiger partial charge in [-0.3, -0.25) is 9.48 Å². The van der Waals surface area contributed by atoms with Gasteiger partial charge < -0.3 is 10.2 Å². The second kappa shape index (κ2) is 10.2. The van der Waals surface area contributed by atoms with Crippen LogP contribution < -0.4 is 5.32 Å². The number of aromatic nitrogens is 3. The third-order valence-electron chi connectivity index (χ3n) is 5.73. The summed E-state index contributed by atoms with van der Waals surface area (Å²) in [5.74, 6) is 0.428. The number of hydrogen-bond acceptors (Lipinski definition) is 4. The molecule has 0 unspecified atom stereocenters. The van der Waals surface area contributed by atoms with E-state index in [1.807, 2.05) is 18.2 Å². The Hall–Kier alpha value is -2.99. The van der Waals surface area contributed by atoms with E-state index in [0.29, 0.717) is 24.7 Å². The molecule has 0 bridgehead atoms. The van der Waals surface area contributed by atoms with Crippen molar-refractivity contribution in [3.05, 3.63) is 83.7 Å². The Morgan fingerprint density at radius 3 is 2.60 bits per heavy atom. The maximum Gasteiger partial charge on any atom is 0.273 e. The van der Waals surface area contributed by atoms with Crippen molar-refractivity contribution in [2.75, 3.05) is 26.2 Å². The largest absolute Gasteiger partial charge is 0.349 e. The molecule has 1 aliphatic heterocycles. The monoisotopic (exact) mass is 403 g/mol. The number of benzene rings is 2. The number of nitrogens with zero attached hydrogens (tertiary/aromatic N) is 4. The number of amides is 1. The molecule has 156 valence electrons. The normalized spacial score (nSPS) is 17.0. The van der Waals surface area contributed by atoms with Crippen LogP contribution in [0.4, 0.5) is 0 Å². The minimum absolute atomic E-state index is 0.155. The van der Waals surface area contributed by atoms with E-state index in [2.05, 4.69) is 63.0 Å². The van der Waals surface area contributed by atoms with E-state index in [-0.39, 0.29) is 5.91 Å². The number of likely N-dealkylation sites (tertiary alicyclic amines) is 1. The van der Waals surface area contributed by atoms with Crippen LogP contribution in [0.5, 0.6) is 0 Å². The van der Waals surface area contributed by atoms with Gasteiger partial charge in [-0.25, -0.2) is 0 Å². The van der Waals surface area contributed by atoms with Gasteiger partial charge in [0.1, 0.15) is 0 Å². The topological polar surface area (TPSA) is 63.1 Å². The van der Waals surface area contributed by atoms with Crippen LogP contribution in [0.1, 0.15) is 40.4 Å². The molecule has 1 N–H and O–H groups in total. The highest BCUT2D eigenvalue weighted by Gasteiger charge is 2.21. The molecule has 1 fully saturated rings. The van der Waals surface area contributed by atoms with Crippen LogP contribution in [0.3, 0.4) is 0 Å². The summed E-state index contributed by atoms with van der Waals surface area (Å²) >= 11 is 0. The lowest BCUT2D eigenvalue weighted by Crippen LogP contribution is -2.40. The number of nitrogens with one attached hydrogen (secondary N) is 1. The van der Waals surface area contributed by atoms with Gasteiger partial charge in [0.15, 0.2) is 5.69 Å². The zero-order valence-corrected chi connectivity index (χ0v) is 17.3. The van der Waals surface area contributed by atoms with Crippen LogP contribution in [0.25, 0.3) is 0 Å². The molecule has 0 spiro atoms. The second-order valence-electron chi connectivity index (χ2n) is 7.91. The van der Waals surface area contributed by atoms with Crippen LogP contribution >= 0.6 is 0 Å². The summed E-state index contributed by atoms with van der Waals surface area (Å²) in [6.07, 6.45) is 5.02. The van der Waals surface area contributed by atoms with E-state index in [9.17, 15) is 4.79 Å². The van der Waals surface area contributed by atoms with Gasteiger partial charge in [0.25, 0.3) is 5.91 Å². The predicted molar refractivity (Wildman–Crippen MR) is 117 cm³/mol. The van der Waals surface area contributed by atoms with Crippen LogP contribution in [0.15, 0.2) is 66.9 Å². The number of carbonyl (C=O) groups is 1. The fourth-order valence-corrected chi connectivity index (χ4v) is 4.07. The van der Waals surface area contributed by atoms with E-state index in [4.69, 9.17) is 0 Å². The van der Waals surface area contributed by atoms with Gasteiger partial charge in [-0.05, 0) is 42.9 Å². The predicted octanol–water partition coefficient (Wildman–Crippen LogP) is 3.13. The zero-order chi connectivity index (χ0) is 20.6. The van der Waals surface area contributed by atoms with E-state index >= 15 is 0 Å². The number of aryl methyl sites for hydroxylation is 2. The first-order valence-corrected chi connectivity index (χ1v) is 10.8. The zero-order valence-electron chi connectivity index (χ0n) is 17.3. The van der Waals surface area contributed by atoms with E-state index in [1.165, 1.54) is 24.0 Å². The van der Waals surface area contributed by atoms with Crippen molar-refractivity contribution in [2.24, 2.45) is 0 Å². The SMILES string of the molecule is O=C(NCCN1CCC[C@H](c2ccccc2)C1)c1cn(CCc2ccccc2)nn1. The third kappa shape index (κ3) is 5.54. The molecule has 1 amide bonds. The van der Waals surface area contributed by atoms with Crippen LogP contribution in [0, 0.1) is 0 Å². The highest BCUT2D eigenvalue weighted by molar-refractivity contribution is 5.91. The Morgan fingerprint density at radius 1 is 1.03 bits per heavy atom. The van der Waals surface area contributed by atoms with Gasteiger partial charge in [0.2, 0.25) is 0 Å². The number of carbonyl (C=O) groups excluding carboxylic acids is 1. The molecule has 1 aliphatic rings. The van der Waals surface area contributed by atoms with Crippen LogP contribution in [-0.4, -0.2) is 52.0 Å². The lowest BCUT2D eigenvalue weighted by Gasteiger charge is -2.33. The molecule has 1 aromatic heterocycles. The minimum atomic E-state index is -0.155. The van der Waals surface area contributed by atoms with Gasteiger partial charge in [-0.2, -0.15) is 0 Å². The van der Waals surface area contributed by atoms with Gasteiger partial charge in [-0.15, -0.1) is 5.10 Å². The molecule has 1 saturated heterocycles. The fourth-order valence-electron chi connectivity index (χ4n) is 4.07. The molecule has 2 aromatic carbocycles. The highest BCUT2D eigenvalue weighted by Crippen LogP contribution is 2.26. The molecule has 4 rings (SSSR count). The van der Waals surface area contributed by atoms with Crippen molar-refractivity contribution in [1.82, 2.24) is 25.2 Å². The highest BCUT2D eigenvalue weighted by atomic mass is 16.2. The van der Waals surface area contributed by atoms with Crippen LogP contribution in [0.2, 0.25) is 0 Å². The molecule has 3 aromatic rings. The summed E-state index contributed by atoms with van der Waals surface area (Å²) in [5, 5.41) is 11.1. The summed E-state index contributed by atoms with van der Waals surface area (Å²) in [6.45, 7) is 4.33. The van der Waals surface area contributed by atoms with Crippen molar-refractivity contribution >= 4 is 5.91 Å². The molecule has 0 aliphatic carbocycles. The Morgan fingerprint density at radius 2 is 1.80 bits per heavy atom. The maximum absolute atomic E-state index is 12.4. The molecule has 30 heavy (non-hydrogen) atoms. The number of rotatable bonds is 8. The summed E-state index contributed by atoms with van der Waals surface area (Å²) in [6, 6.07) is 21.0. The second-order valence-corrected chi connectivity index (χ2v) is 7.91. The molecular formula is C24H29N5O. The average molecular weight is 404 g/mol. The Balaban J connectivity index is 1.21.